The standard InChI is InChI=1S/C22H28N2O6S2/c1-16-5-7-17(8-6-16)23-20(25)14-30-21(26)15-29-19-11-9-18(10-12-19)24(2)32(27,28)22-4-3-13-31-22/h3-4,9-13,16-17H,5-8,14-15H2,1-2H3,(H,23,25). The lowest BCUT2D eigenvalue weighted by Gasteiger charge is -2.26. The molecule has 1 amide bonds. The summed E-state index contributed by atoms with van der Waals surface area (Å²) in [5.41, 5.74) is 0.460. The molecule has 0 spiro atoms. The maximum atomic E-state index is 12.6. The van der Waals surface area contributed by atoms with Gasteiger partial charge in [-0.3, -0.25) is 9.10 Å². The highest BCUT2D eigenvalue weighted by Gasteiger charge is 2.22. The Morgan fingerprint density at radius 3 is 2.41 bits per heavy atom. The number of carbonyl (C=O) groups is 2. The summed E-state index contributed by atoms with van der Waals surface area (Å²) in [4.78, 5) is 23.8. The minimum absolute atomic E-state index is 0.147. The number of rotatable bonds is 9. The number of esters is 1. The summed E-state index contributed by atoms with van der Waals surface area (Å²) < 4.78 is 36.9. The Morgan fingerprint density at radius 1 is 1.09 bits per heavy atom. The van der Waals surface area contributed by atoms with Crippen molar-refractivity contribution in [2.75, 3.05) is 24.6 Å². The number of ether oxygens (including phenoxy) is 2. The molecule has 1 saturated carbocycles. The molecule has 10 heteroatoms. The topological polar surface area (TPSA) is 102 Å². The van der Waals surface area contributed by atoms with E-state index in [1.165, 1.54) is 11.4 Å². The summed E-state index contributed by atoms with van der Waals surface area (Å²) in [6, 6.07) is 9.69. The fourth-order valence-corrected chi connectivity index (χ4v) is 5.80. The second-order valence-corrected chi connectivity index (χ2v) is 11.0. The number of amides is 1. The first-order chi connectivity index (χ1) is 15.3. The Hall–Kier alpha value is -2.59. The third-order valence-corrected chi connectivity index (χ3v) is 8.57. The predicted molar refractivity (Wildman–Crippen MR) is 122 cm³/mol. The molecule has 8 nitrogen and oxygen atoms in total. The van der Waals surface area contributed by atoms with Crippen LogP contribution in [0.4, 0.5) is 5.69 Å². The number of sulfonamides is 1. The number of benzene rings is 1. The van der Waals surface area contributed by atoms with Gasteiger partial charge in [-0.1, -0.05) is 13.0 Å². The van der Waals surface area contributed by atoms with Gasteiger partial charge < -0.3 is 14.8 Å². The number of hydrogen-bond acceptors (Lipinski definition) is 7. The second-order valence-electron chi connectivity index (χ2n) is 7.87. The van der Waals surface area contributed by atoms with E-state index in [4.69, 9.17) is 9.47 Å². The molecule has 1 aliphatic carbocycles. The third kappa shape index (κ3) is 6.46. The van der Waals surface area contributed by atoms with Crippen molar-refractivity contribution in [3.63, 3.8) is 0 Å². The first kappa shape index (κ1) is 24.1. The van der Waals surface area contributed by atoms with E-state index in [1.54, 1.807) is 41.8 Å². The van der Waals surface area contributed by atoms with Crippen molar-refractivity contribution in [1.29, 1.82) is 0 Å². The Morgan fingerprint density at radius 2 is 1.78 bits per heavy atom. The number of thiophene rings is 1. The Kier molecular flexibility index (Phi) is 8.14. The van der Waals surface area contributed by atoms with E-state index in [0.717, 1.165) is 37.0 Å². The summed E-state index contributed by atoms with van der Waals surface area (Å²) in [6.45, 7) is 1.52. The third-order valence-electron chi connectivity index (χ3n) is 5.41. The van der Waals surface area contributed by atoms with Gasteiger partial charge in [0.1, 0.15) is 9.96 Å². The van der Waals surface area contributed by atoms with Gasteiger partial charge in [-0.25, -0.2) is 13.2 Å². The fraction of sp³-hybridized carbons (Fsp3) is 0.455. The Bertz CT molecular complexity index is 998. The van der Waals surface area contributed by atoms with E-state index in [1.807, 2.05) is 0 Å². The molecule has 3 rings (SSSR count). The van der Waals surface area contributed by atoms with Crippen molar-refractivity contribution in [2.45, 2.75) is 42.9 Å². The largest absolute Gasteiger partial charge is 0.482 e. The van der Waals surface area contributed by atoms with E-state index in [2.05, 4.69) is 12.2 Å². The van der Waals surface area contributed by atoms with Crippen molar-refractivity contribution >= 4 is 38.9 Å². The molecule has 32 heavy (non-hydrogen) atoms. The summed E-state index contributed by atoms with van der Waals surface area (Å²) >= 11 is 1.15. The minimum Gasteiger partial charge on any atom is -0.482 e. The summed E-state index contributed by atoms with van der Waals surface area (Å²) in [7, 11) is -2.14. The molecule has 0 aliphatic heterocycles. The lowest BCUT2D eigenvalue weighted by molar-refractivity contribution is -0.150. The second kappa shape index (κ2) is 10.8. The van der Waals surface area contributed by atoms with Crippen molar-refractivity contribution in [3.8, 4) is 5.75 Å². The number of carbonyl (C=O) groups excluding carboxylic acids is 2. The van der Waals surface area contributed by atoms with Crippen LogP contribution >= 0.6 is 11.3 Å². The quantitative estimate of drug-likeness (QED) is 0.553. The van der Waals surface area contributed by atoms with Crippen LogP contribution in [-0.2, 0) is 24.3 Å². The SMILES string of the molecule is CC1CCC(NC(=O)COC(=O)COc2ccc(N(C)S(=O)(=O)c3cccs3)cc2)CC1. The molecule has 1 fully saturated rings. The average Bonchev–Trinajstić information content (AvgIpc) is 3.34. The van der Waals surface area contributed by atoms with E-state index in [-0.39, 0.29) is 29.4 Å². The maximum Gasteiger partial charge on any atom is 0.344 e. The highest BCUT2D eigenvalue weighted by molar-refractivity contribution is 7.94. The van der Waals surface area contributed by atoms with Gasteiger partial charge in [-0.05, 0) is 67.3 Å². The number of nitrogens with zero attached hydrogens (tertiary/aromatic N) is 1. The molecule has 2 aromatic rings. The van der Waals surface area contributed by atoms with Crippen molar-refractivity contribution in [2.24, 2.45) is 5.92 Å². The van der Waals surface area contributed by atoms with E-state index < -0.39 is 16.0 Å². The number of nitrogens with one attached hydrogen (secondary N) is 1. The van der Waals surface area contributed by atoms with Gasteiger partial charge in [0.2, 0.25) is 0 Å². The van der Waals surface area contributed by atoms with Gasteiger partial charge in [0.25, 0.3) is 15.9 Å². The summed E-state index contributed by atoms with van der Waals surface area (Å²) in [5.74, 6) is 0.113. The van der Waals surface area contributed by atoms with Crippen molar-refractivity contribution < 1.29 is 27.5 Å². The summed E-state index contributed by atoms with van der Waals surface area (Å²) in [5, 5.41) is 4.60. The van der Waals surface area contributed by atoms with Gasteiger partial charge >= 0.3 is 5.97 Å². The Balaban J connectivity index is 1.42. The zero-order chi connectivity index (χ0) is 23.1. The van der Waals surface area contributed by atoms with Crippen LogP contribution < -0.4 is 14.4 Å². The van der Waals surface area contributed by atoms with E-state index in [9.17, 15) is 18.0 Å². The summed E-state index contributed by atoms with van der Waals surface area (Å²) in [6.07, 6.45) is 4.08. The predicted octanol–water partition coefficient (Wildman–Crippen LogP) is 3.19. The number of hydrogen-bond donors (Lipinski definition) is 1. The van der Waals surface area contributed by atoms with Crippen molar-refractivity contribution in [3.05, 3.63) is 41.8 Å². The molecule has 1 heterocycles. The van der Waals surface area contributed by atoms with Crippen LogP contribution in [0.2, 0.25) is 0 Å². The lowest BCUT2D eigenvalue weighted by atomic mass is 9.87. The molecule has 1 aliphatic rings. The van der Waals surface area contributed by atoms with Crippen LogP contribution in [0.15, 0.2) is 46.0 Å². The normalized spacial score (nSPS) is 18.6. The van der Waals surface area contributed by atoms with Crippen LogP contribution in [0.5, 0.6) is 5.75 Å². The minimum atomic E-state index is -3.62. The number of anilines is 1. The molecule has 1 N–H and O–H groups in total. The lowest BCUT2D eigenvalue weighted by Crippen LogP contribution is -2.39. The molecular formula is C22H28N2O6S2. The average molecular weight is 481 g/mol. The molecule has 1 aromatic heterocycles. The van der Waals surface area contributed by atoms with Crippen LogP contribution in [0.25, 0.3) is 0 Å². The molecule has 0 atom stereocenters. The zero-order valence-electron chi connectivity index (χ0n) is 18.2. The van der Waals surface area contributed by atoms with Crippen molar-refractivity contribution in [1.82, 2.24) is 5.32 Å². The maximum absolute atomic E-state index is 12.6. The first-order valence-electron chi connectivity index (χ1n) is 10.5. The highest BCUT2D eigenvalue weighted by Crippen LogP contribution is 2.26. The fourth-order valence-electron chi connectivity index (χ4n) is 3.44. The van der Waals surface area contributed by atoms with Crippen LogP contribution in [0.3, 0.4) is 0 Å². The molecule has 0 radical (unpaired) electrons. The van der Waals surface area contributed by atoms with Crippen LogP contribution in [0, 0.1) is 5.92 Å². The van der Waals surface area contributed by atoms with Crippen LogP contribution in [-0.4, -0.2) is 46.6 Å². The molecule has 0 saturated heterocycles. The highest BCUT2D eigenvalue weighted by atomic mass is 32.2. The van der Waals surface area contributed by atoms with E-state index >= 15 is 0 Å². The van der Waals surface area contributed by atoms with E-state index in [0.29, 0.717) is 17.4 Å². The first-order valence-corrected chi connectivity index (χ1v) is 12.8. The molecular weight excluding hydrogens is 452 g/mol. The van der Waals surface area contributed by atoms with Gasteiger partial charge in [0, 0.05) is 13.1 Å². The monoisotopic (exact) mass is 480 g/mol. The van der Waals surface area contributed by atoms with Gasteiger partial charge in [0.15, 0.2) is 13.2 Å². The molecule has 0 bridgehead atoms. The molecule has 174 valence electrons. The molecule has 1 aromatic carbocycles. The van der Waals surface area contributed by atoms with Gasteiger partial charge in [0.05, 0.1) is 5.69 Å². The zero-order valence-corrected chi connectivity index (χ0v) is 19.8. The van der Waals surface area contributed by atoms with Crippen LogP contribution in [0.1, 0.15) is 32.6 Å². The van der Waals surface area contributed by atoms with Gasteiger partial charge in [-0.2, -0.15) is 0 Å². The van der Waals surface area contributed by atoms with Gasteiger partial charge in [-0.15, -0.1) is 11.3 Å². The smallest absolute Gasteiger partial charge is 0.344 e. The Labute approximate surface area is 192 Å². The molecule has 0 unspecified atom stereocenters.